The number of aromatic nitrogens is 2. The topological polar surface area (TPSA) is 159 Å². The lowest BCUT2D eigenvalue weighted by molar-refractivity contribution is -0.581. The van der Waals surface area contributed by atoms with Crippen LogP contribution in [-0.4, -0.2) is 19.8 Å². The van der Waals surface area contributed by atoms with Gasteiger partial charge in [0.15, 0.2) is 0 Å². The van der Waals surface area contributed by atoms with Crippen LogP contribution >= 0.6 is 0 Å². The first kappa shape index (κ1) is 9.50. The predicted molar refractivity (Wildman–Crippen MR) is 37.3 cm³/mol. The van der Waals surface area contributed by atoms with E-state index < -0.39 is 32.4 Å². The van der Waals surface area contributed by atoms with E-state index in [0.717, 1.165) is 0 Å². The lowest BCUT2D eigenvalue weighted by atomic mass is 10.7. The molecule has 1 aromatic rings. The molecule has 0 aliphatic carbocycles. The van der Waals surface area contributed by atoms with Crippen molar-refractivity contribution in [1.82, 2.24) is 4.98 Å². The average molecular weight is 204 g/mol. The van der Waals surface area contributed by atoms with Gasteiger partial charge in [0.05, 0.1) is 4.92 Å². The highest BCUT2D eigenvalue weighted by Crippen LogP contribution is 2.21. The van der Waals surface area contributed by atoms with Crippen LogP contribution in [-0.2, 0) is 0 Å². The average Bonchev–Trinajstić information content (AvgIpc) is 2.47. The Hall–Kier alpha value is -2.59. The Balaban J connectivity index is 3.33. The van der Waals surface area contributed by atoms with Gasteiger partial charge in [-0.15, -0.1) is 4.98 Å². The summed E-state index contributed by atoms with van der Waals surface area (Å²) in [5, 5.41) is 30.5. The standard InChI is InChI=1S/C3HN5O6/c9-6(10)1-2(7(11)12)5-3(4-1)8(13)14/h(H,4,5)/p+1. The predicted octanol–water partition coefficient (Wildman–Crippen LogP) is -0.447. The van der Waals surface area contributed by atoms with Crippen molar-refractivity contribution < 1.29 is 19.8 Å². The van der Waals surface area contributed by atoms with Crippen molar-refractivity contribution in [3.8, 4) is 0 Å². The van der Waals surface area contributed by atoms with Crippen LogP contribution in [0.15, 0.2) is 0 Å². The minimum Gasteiger partial charge on any atom is -0.358 e. The fourth-order valence-electron chi connectivity index (χ4n) is 0.729. The number of H-pyrrole nitrogens is 2. The first-order valence-electron chi connectivity index (χ1n) is 3.02. The summed E-state index contributed by atoms with van der Waals surface area (Å²) in [6, 6.07) is 0. The summed E-state index contributed by atoms with van der Waals surface area (Å²) in [6.45, 7) is 0. The molecule has 14 heavy (non-hydrogen) atoms. The minimum absolute atomic E-state index is 0.914. The summed E-state index contributed by atoms with van der Waals surface area (Å²) in [5.74, 6) is -3.02. The molecule has 0 atom stereocenters. The molecule has 0 aromatic carbocycles. The molecule has 0 radical (unpaired) electrons. The van der Waals surface area contributed by atoms with Crippen LogP contribution in [0.5, 0.6) is 0 Å². The maximum absolute atomic E-state index is 10.2. The summed E-state index contributed by atoms with van der Waals surface area (Å²) in [7, 11) is 0. The first-order chi connectivity index (χ1) is 6.43. The van der Waals surface area contributed by atoms with E-state index in [1.165, 1.54) is 0 Å². The molecule has 0 aliphatic heterocycles. The SMILES string of the molecule is O=[N+]([O-])c1[nH]c([N+](=O)[O-])c([N+](=O)[O-])[nH+]1. The number of hydrogen-bond acceptors (Lipinski definition) is 6. The van der Waals surface area contributed by atoms with Crippen LogP contribution in [0, 0.1) is 30.3 Å². The summed E-state index contributed by atoms with van der Waals surface area (Å²) in [4.78, 5) is 30.5. The molecule has 11 nitrogen and oxygen atoms in total. The van der Waals surface area contributed by atoms with Crippen LogP contribution in [0.25, 0.3) is 0 Å². The lowest BCUT2D eigenvalue weighted by Crippen LogP contribution is -2.10. The van der Waals surface area contributed by atoms with Crippen molar-refractivity contribution in [2.75, 3.05) is 0 Å². The monoisotopic (exact) mass is 204 g/mol. The third kappa shape index (κ3) is 1.45. The zero-order valence-electron chi connectivity index (χ0n) is 6.29. The quantitative estimate of drug-likeness (QED) is 0.518. The molecule has 0 unspecified atom stereocenters. The highest BCUT2D eigenvalue weighted by molar-refractivity contribution is 5.36. The van der Waals surface area contributed by atoms with E-state index in [9.17, 15) is 30.3 Å². The van der Waals surface area contributed by atoms with Gasteiger partial charge in [0.25, 0.3) is 0 Å². The zero-order chi connectivity index (χ0) is 10.9. The van der Waals surface area contributed by atoms with Gasteiger partial charge in [-0.2, -0.15) is 0 Å². The van der Waals surface area contributed by atoms with E-state index in [1.54, 1.807) is 9.97 Å². The van der Waals surface area contributed by atoms with E-state index in [1.807, 2.05) is 0 Å². The van der Waals surface area contributed by atoms with E-state index in [2.05, 4.69) is 0 Å². The van der Waals surface area contributed by atoms with Gasteiger partial charge < -0.3 is 20.2 Å². The third-order valence-corrected chi connectivity index (χ3v) is 1.25. The molecule has 0 saturated carbocycles. The van der Waals surface area contributed by atoms with Gasteiger partial charge in [0, 0.05) is 0 Å². The second-order valence-electron chi connectivity index (χ2n) is 2.07. The maximum atomic E-state index is 10.2. The third-order valence-electron chi connectivity index (χ3n) is 1.25. The molecule has 74 valence electrons. The van der Waals surface area contributed by atoms with Gasteiger partial charge >= 0.3 is 17.6 Å². The molecule has 0 amide bonds. The normalized spacial score (nSPS) is 9.71. The fraction of sp³-hybridized carbons (Fsp3) is 0. The van der Waals surface area contributed by atoms with Crippen molar-refractivity contribution in [1.29, 1.82) is 0 Å². The number of imidazole rings is 1. The Kier molecular flexibility index (Phi) is 2.06. The van der Waals surface area contributed by atoms with E-state index in [4.69, 9.17) is 0 Å². The number of nitro groups is 3. The van der Waals surface area contributed by atoms with E-state index >= 15 is 0 Å². The van der Waals surface area contributed by atoms with Crippen molar-refractivity contribution in [3.05, 3.63) is 30.3 Å². The van der Waals surface area contributed by atoms with Crippen molar-refractivity contribution in [3.63, 3.8) is 0 Å². The number of rotatable bonds is 3. The van der Waals surface area contributed by atoms with Gasteiger partial charge in [-0.25, -0.2) is 0 Å². The molecule has 0 saturated heterocycles. The summed E-state index contributed by atoms with van der Waals surface area (Å²) in [6.07, 6.45) is 0. The molecule has 0 spiro atoms. The Morgan fingerprint density at radius 1 is 1.00 bits per heavy atom. The van der Waals surface area contributed by atoms with Crippen LogP contribution < -0.4 is 4.98 Å². The molecular weight excluding hydrogens is 202 g/mol. The summed E-state index contributed by atoms with van der Waals surface area (Å²) >= 11 is 0. The van der Waals surface area contributed by atoms with Crippen molar-refractivity contribution in [2.24, 2.45) is 0 Å². The van der Waals surface area contributed by atoms with Gasteiger partial charge in [-0.05, 0) is 4.92 Å². The van der Waals surface area contributed by atoms with Gasteiger partial charge in [-0.1, -0.05) is 4.98 Å². The van der Waals surface area contributed by atoms with E-state index in [0.29, 0.717) is 0 Å². The molecule has 0 aliphatic rings. The van der Waals surface area contributed by atoms with Crippen LogP contribution in [0.3, 0.4) is 0 Å². The highest BCUT2D eigenvalue weighted by atomic mass is 16.6. The Bertz CT molecular complexity index is 390. The lowest BCUT2D eigenvalue weighted by Gasteiger charge is -1.82. The Labute approximate surface area is 73.8 Å². The second kappa shape index (κ2) is 3.04. The first-order valence-corrected chi connectivity index (χ1v) is 3.02. The van der Waals surface area contributed by atoms with E-state index in [-0.39, 0.29) is 0 Å². The van der Waals surface area contributed by atoms with Crippen molar-refractivity contribution in [2.45, 2.75) is 0 Å². The van der Waals surface area contributed by atoms with Crippen LogP contribution in [0.2, 0.25) is 0 Å². The molecule has 1 heterocycles. The Morgan fingerprint density at radius 2 is 1.57 bits per heavy atom. The van der Waals surface area contributed by atoms with Crippen molar-refractivity contribution >= 4 is 17.6 Å². The molecule has 1 aromatic heterocycles. The summed E-state index contributed by atoms with van der Waals surface area (Å²) < 4.78 is 0. The number of nitrogens with one attached hydrogen (secondary N) is 2. The largest absolute Gasteiger partial charge is 0.612 e. The minimum atomic E-state index is -1.12. The highest BCUT2D eigenvalue weighted by Gasteiger charge is 2.41. The number of aromatic amines is 2. The van der Waals surface area contributed by atoms with Crippen LogP contribution in [0.1, 0.15) is 0 Å². The molecule has 2 N–H and O–H groups in total. The number of nitrogens with zero attached hydrogens (tertiary/aromatic N) is 3. The zero-order valence-corrected chi connectivity index (χ0v) is 6.29. The molecule has 0 bridgehead atoms. The smallest absolute Gasteiger partial charge is 0.358 e. The van der Waals surface area contributed by atoms with Gasteiger partial charge in [0.2, 0.25) is 0 Å². The Morgan fingerprint density at radius 3 is 1.86 bits per heavy atom. The second-order valence-corrected chi connectivity index (χ2v) is 2.07. The fourth-order valence-corrected chi connectivity index (χ4v) is 0.729. The van der Waals surface area contributed by atoms with Gasteiger partial charge in [-0.3, -0.25) is 10.1 Å². The molecule has 0 fully saturated rings. The van der Waals surface area contributed by atoms with Gasteiger partial charge in [0.1, 0.15) is 4.92 Å². The molecule has 11 heteroatoms. The maximum Gasteiger partial charge on any atom is 0.612 e. The molecule has 1 rings (SSSR count). The summed E-state index contributed by atoms with van der Waals surface area (Å²) in [5.41, 5.74) is 0. The number of hydrogen-bond donors (Lipinski definition) is 1. The molecular formula is C3H2N5O6+. The van der Waals surface area contributed by atoms with Crippen LogP contribution in [0.4, 0.5) is 17.6 Å².